The van der Waals surface area contributed by atoms with Crippen LogP contribution in [0.5, 0.6) is 0 Å². The van der Waals surface area contributed by atoms with Crippen molar-refractivity contribution in [2.45, 2.75) is 53.5 Å². The van der Waals surface area contributed by atoms with Crippen molar-refractivity contribution < 1.29 is 4.79 Å². The van der Waals surface area contributed by atoms with Crippen molar-refractivity contribution in [3.63, 3.8) is 0 Å². The van der Waals surface area contributed by atoms with Crippen molar-refractivity contribution in [3.05, 3.63) is 27.5 Å². The van der Waals surface area contributed by atoms with E-state index < -0.39 is 0 Å². The molecule has 0 unspecified atom stereocenters. The normalized spacial score (nSPS) is 10.6. The van der Waals surface area contributed by atoms with Gasteiger partial charge in [0.2, 0.25) is 5.91 Å². The average Bonchev–Trinajstić information content (AvgIpc) is 2.94. The average molecular weight is 331 g/mol. The third kappa shape index (κ3) is 4.17. The fourth-order valence-electron chi connectivity index (χ4n) is 2.42. The van der Waals surface area contributed by atoms with Gasteiger partial charge in [-0.3, -0.25) is 9.48 Å². The summed E-state index contributed by atoms with van der Waals surface area (Å²) in [6.07, 6.45) is 1.47. The van der Waals surface area contributed by atoms with E-state index in [9.17, 15) is 4.79 Å². The van der Waals surface area contributed by atoms with Gasteiger partial charge in [-0.25, -0.2) is 4.98 Å². The second-order valence-electron chi connectivity index (χ2n) is 5.49. The van der Waals surface area contributed by atoms with Crippen molar-refractivity contribution in [1.29, 1.82) is 5.26 Å². The molecule has 0 saturated carbocycles. The van der Waals surface area contributed by atoms with Crippen molar-refractivity contribution in [1.82, 2.24) is 14.8 Å². The van der Waals surface area contributed by atoms with Crippen LogP contribution >= 0.6 is 11.3 Å². The summed E-state index contributed by atoms with van der Waals surface area (Å²) in [4.78, 5) is 17.5. The van der Waals surface area contributed by atoms with E-state index >= 15 is 0 Å². The first-order valence-corrected chi connectivity index (χ1v) is 8.37. The molecule has 23 heavy (non-hydrogen) atoms. The van der Waals surface area contributed by atoms with E-state index in [2.05, 4.69) is 21.5 Å². The van der Waals surface area contributed by atoms with Crippen LogP contribution in [0.25, 0.3) is 0 Å². The van der Waals surface area contributed by atoms with E-state index in [1.165, 1.54) is 11.3 Å². The molecule has 0 aliphatic carbocycles. The van der Waals surface area contributed by atoms with Gasteiger partial charge in [-0.05, 0) is 39.7 Å². The predicted molar refractivity (Wildman–Crippen MR) is 90.5 cm³/mol. The number of hydrogen-bond donors (Lipinski definition) is 1. The molecule has 1 amide bonds. The van der Waals surface area contributed by atoms with Crippen molar-refractivity contribution in [2.75, 3.05) is 5.32 Å². The number of thiazole rings is 1. The topological polar surface area (TPSA) is 83.6 Å². The number of nitrogens with zero attached hydrogens (tertiary/aromatic N) is 4. The molecule has 2 heterocycles. The van der Waals surface area contributed by atoms with E-state index in [0.717, 1.165) is 27.5 Å². The van der Waals surface area contributed by atoms with Gasteiger partial charge in [0, 0.05) is 17.0 Å². The van der Waals surface area contributed by atoms with Crippen LogP contribution in [0, 0.1) is 39.0 Å². The molecule has 0 fully saturated rings. The van der Waals surface area contributed by atoms with E-state index in [0.29, 0.717) is 30.9 Å². The van der Waals surface area contributed by atoms with Gasteiger partial charge in [0.1, 0.15) is 0 Å². The first-order valence-electron chi connectivity index (χ1n) is 7.56. The molecule has 2 rings (SSSR count). The van der Waals surface area contributed by atoms with E-state index in [1.807, 2.05) is 32.4 Å². The Morgan fingerprint density at radius 2 is 2.04 bits per heavy atom. The highest BCUT2D eigenvalue weighted by atomic mass is 32.1. The third-order valence-corrected chi connectivity index (χ3v) is 4.83. The number of nitriles is 1. The molecule has 1 N–H and O–H groups in total. The Morgan fingerprint density at radius 3 is 2.65 bits per heavy atom. The summed E-state index contributed by atoms with van der Waals surface area (Å²) in [7, 11) is 0. The maximum Gasteiger partial charge on any atom is 0.226 e. The van der Waals surface area contributed by atoms with Gasteiger partial charge >= 0.3 is 0 Å². The van der Waals surface area contributed by atoms with E-state index in [1.54, 1.807) is 0 Å². The number of hydrogen-bond acceptors (Lipinski definition) is 5. The summed E-state index contributed by atoms with van der Waals surface area (Å²) in [6, 6.07) is 2.13. The molecule has 2 aromatic heterocycles. The van der Waals surface area contributed by atoms with Crippen LogP contribution in [0.3, 0.4) is 0 Å². The number of rotatable bonds is 6. The number of amides is 1. The Balaban J connectivity index is 1.96. The lowest BCUT2D eigenvalue weighted by atomic mass is 10.1. The molecular formula is C16H21N5OS. The molecule has 122 valence electrons. The molecule has 0 saturated heterocycles. The zero-order chi connectivity index (χ0) is 17.0. The number of anilines is 1. The van der Waals surface area contributed by atoms with Gasteiger partial charge < -0.3 is 5.32 Å². The van der Waals surface area contributed by atoms with Gasteiger partial charge in [-0.2, -0.15) is 10.4 Å². The standard InChI is InChI=1S/C16H21N5OS/c1-10-13(4)23-16(18-10)19-15(22)7-6-14-11(2)20-21(12(14)3)9-5-8-17/h5-7,9H2,1-4H3,(H,18,19,22). The molecule has 0 radical (unpaired) electrons. The van der Waals surface area contributed by atoms with E-state index in [4.69, 9.17) is 5.26 Å². The molecule has 0 atom stereocenters. The molecule has 2 aromatic rings. The molecule has 6 nitrogen and oxygen atoms in total. The van der Waals surface area contributed by atoms with Gasteiger partial charge in [0.15, 0.2) is 5.13 Å². The van der Waals surface area contributed by atoms with Crippen LogP contribution in [0.4, 0.5) is 5.13 Å². The molecule has 0 aromatic carbocycles. The Labute approximate surface area is 140 Å². The van der Waals surface area contributed by atoms with Crippen LogP contribution < -0.4 is 5.32 Å². The number of carbonyl (C=O) groups excluding carboxylic acids is 1. The largest absolute Gasteiger partial charge is 0.302 e. The molecule has 0 aliphatic heterocycles. The highest BCUT2D eigenvalue weighted by Crippen LogP contribution is 2.21. The Bertz CT molecular complexity index is 734. The zero-order valence-electron chi connectivity index (χ0n) is 13.9. The van der Waals surface area contributed by atoms with Crippen LogP contribution in [-0.4, -0.2) is 20.7 Å². The molecule has 0 aliphatic rings. The predicted octanol–water partition coefficient (Wildman–Crippen LogP) is 3.06. The molecule has 0 bridgehead atoms. The highest BCUT2D eigenvalue weighted by Gasteiger charge is 2.14. The second-order valence-corrected chi connectivity index (χ2v) is 6.69. The highest BCUT2D eigenvalue weighted by molar-refractivity contribution is 7.15. The maximum atomic E-state index is 12.1. The number of nitrogens with one attached hydrogen (secondary N) is 1. The summed E-state index contributed by atoms with van der Waals surface area (Å²) in [5.41, 5.74) is 4.00. The van der Waals surface area contributed by atoms with Crippen LogP contribution in [-0.2, 0) is 17.8 Å². The minimum atomic E-state index is -0.0395. The minimum absolute atomic E-state index is 0.0395. The van der Waals surface area contributed by atoms with Gasteiger partial charge in [-0.15, -0.1) is 11.3 Å². The first kappa shape index (κ1) is 17.2. The first-order chi connectivity index (χ1) is 10.9. The van der Waals surface area contributed by atoms with Gasteiger partial charge in [-0.1, -0.05) is 0 Å². The molecular weight excluding hydrogens is 310 g/mol. The van der Waals surface area contributed by atoms with Crippen LogP contribution in [0.1, 0.15) is 40.4 Å². The fraction of sp³-hybridized carbons (Fsp3) is 0.500. The Kier molecular flexibility index (Phi) is 5.50. The fourth-order valence-corrected chi connectivity index (χ4v) is 3.25. The van der Waals surface area contributed by atoms with Gasteiger partial charge in [0.05, 0.1) is 30.4 Å². The monoisotopic (exact) mass is 331 g/mol. The Hall–Kier alpha value is -2.20. The summed E-state index contributed by atoms with van der Waals surface area (Å²) < 4.78 is 1.85. The quantitative estimate of drug-likeness (QED) is 0.881. The summed E-state index contributed by atoms with van der Waals surface area (Å²) >= 11 is 1.49. The summed E-state index contributed by atoms with van der Waals surface area (Å²) in [5, 5.41) is 16.6. The Morgan fingerprint density at radius 1 is 1.30 bits per heavy atom. The summed E-state index contributed by atoms with van der Waals surface area (Å²) in [5.74, 6) is -0.0395. The van der Waals surface area contributed by atoms with E-state index in [-0.39, 0.29) is 5.91 Å². The number of aromatic nitrogens is 3. The lowest BCUT2D eigenvalue weighted by molar-refractivity contribution is -0.116. The molecule has 7 heteroatoms. The minimum Gasteiger partial charge on any atom is -0.302 e. The third-order valence-electron chi connectivity index (χ3n) is 3.84. The smallest absolute Gasteiger partial charge is 0.226 e. The lowest BCUT2D eigenvalue weighted by Crippen LogP contribution is -2.12. The lowest BCUT2D eigenvalue weighted by Gasteiger charge is -2.04. The van der Waals surface area contributed by atoms with Crippen molar-refractivity contribution in [3.8, 4) is 6.07 Å². The van der Waals surface area contributed by atoms with Gasteiger partial charge in [0.25, 0.3) is 0 Å². The van der Waals surface area contributed by atoms with Crippen molar-refractivity contribution in [2.24, 2.45) is 0 Å². The van der Waals surface area contributed by atoms with Crippen molar-refractivity contribution >= 4 is 22.4 Å². The number of aryl methyl sites for hydroxylation is 4. The maximum absolute atomic E-state index is 12.1. The number of carbonyl (C=O) groups is 1. The SMILES string of the molecule is Cc1nc(NC(=O)CCc2c(C)nn(CCC#N)c2C)sc1C. The molecule has 0 spiro atoms. The van der Waals surface area contributed by atoms with Crippen LogP contribution in [0.2, 0.25) is 0 Å². The zero-order valence-corrected chi connectivity index (χ0v) is 14.8. The van der Waals surface area contributed by atoms with Crippen LogP contribution in [0.15, 0.2) is 0 Å². The summed E-state index contributed by atoms with van der Waals surface area (Å²) in [6.45, 7) is 8.44. The second kappa shape index (κ2) is 7.38.